The number of hydrogen-bond donors (Lipinski definition) is 5. The average molecular weight is 879 g/mol. The molecular formula is C48H62N8O8. The number of carbonyl (C=O) groups is 4. The second-order valence-corrected chi connectivity index (χ2v) is 18.8. The van der Waals surface area contributed by atoms with E-state index in [1.807, 2.05) is 45.0 Å². The maximum Gasteiger partial charge on any atom is 0.407 e. The van der Waals surface area contributed by atoms with Crippen LogP contribution in [0.5, 0.6) is 0 Å². The van der Waals surface area contributed by atoms with Gasteiger partial charge in [-0.1, -0.05) is 76.2 Å². The molecule has 16 nitrogen and oxygen atoms in total. The van der Waals surface area contributed by atoms with E-state index in [4.69, 9.17) is 28.9 Å². The van der Waals surface area contributed by atoms with Crippen LogP contribution < -0.4 is 16.0 Å². The number of ether oxygens (including phenoxy) is 4. The number of aromatic amines is 2. The monoisotopic (exact) mass is 878 g/mol. The van der Waals surface area contributed by atoms with Crippen molar-refractivity contribution in [2.45, 2.75) is 96.4 Å². The lowest BCUT2D eigenvalue weighted by Crippen LogP contribution is -2.56. The first-order chi connectivity index (χ1) is 30.8. The summed E-state index contributed by atoms with van der Waals surface area (Å²) in [6.07, 6.45) is 7.18. The number of aromatic nitrogens is 4. The first kappa shape index (κ1) is 45.0. The molecule has 0 saturated carbocycles. The highest BCUT2D eigenvalue weighted by Crippen LogP contribution is 2.50. The predicted molar refractivity (Wildman–Crippen MR) is 239 cm³/mol. The van der Waals surface area contributed by atoms with Crippen molar-refractivity contribution in [1.29, 1.82) is 0 Å². The standard InChI is InChI=1S/C48H62N8O8/c1-28(2)38(54-45(59)61-5)40(57)41-48(17-21-64-22-18-48)23-34(51-41)42-49-25-35(52-42)32-11-7-30(8-12-32)31-9-13-33(14-10-31)36-26-50-43(53-36)37-24-47(15-19-63-20-16-47)27-56(37)44(58)39(29(3)4)55-46(60)62-6/h7-14,25-26,28-29,34,37-39,41,51H,15-24,27H2,1-6H3,(H,49,52)(H,50,53)(H,54,59)(H,55,60)/t34-,37?,38-,39-,41?/m0/s1. The number of ketones is 1. The number of benzene rings is 2. The molecule has 2 spiro atoms. The summed E-state index contributed by atoms with van der Waals surface area (Å²) in [5.74, 6) is 1.05. The summed E-state index contributed by atoms with van der Waals surface area (Å²) in [4.78, 5) is 71.4. The van der Waals surface area contributed by atoms with E-state index in [1.165, 1.54) is 14.2 Å². The molecule has 4 aliphatic heterocycles. The molecule has 8 rings (SSSR count). The number of nitrogens with zero attached hydrogens (tertiary/aromatic N) is 3. The molecule has 3 amide bonds. The van der Waals surface area contributed by atoms with Crippen molar-refractivity contribution in [3.8, 4) is 33.6 Å². The van der Waals surface area contributed by atoms with Gasteiger partial charge in [0.25, 0.3) is 0 Å². The van der Waals surface area contributed by atoms with Gasteiger partial charge >= 0.3 is 12.2 Å². The lowest BCUT2D eigenvalue weighted by molar-refractivity contribution is -0.136. The summed E-state index contributed by atoms with van der Waals surface area (Å²) in [5, 5.41) is 9.16. The topological polar surface area (TPSA) is 202 Å². The lowest BCUT2D eigenvalue weighted by Gasteiger charge is -2.39. The molecule has 342 valence electrons. The molecule has 4 aliphatic rings. The van der Waals surface area contributed by atoms with Crippen LogP contribution in [-0.4, -0.2) is 114 Å². The first-order valence-electron chi connectivity index (χ1n) is 22.6. The number of carbonyl (C=O) groups excluding carboxylic acids is 4. The second kappa shape index (κ2) is 18.9. The Morgan fingerprint density at radius 3 is 1.91 bits per heavy atom. The number of Topliss-reactive ketones (excluding diaryl/α,β-unsaturated/α-hetero) is 1. The average Bonchev–Trinajstić information content (AvgIpc) is 4.14. The molecule has 64 heavy (non-hydrogen) atoms. The number of H-pyrrole nitrogens is 2. The highest BCUT2D eigenvalue weighted by atomic mass is 16.5. The minimum atomic E-state index is -0.730. The van der Waals surface area contributed by atoms with Crippen LogP contribution in [0.25, 0.3) is 33.6 Å². The van der Waals surface area contributed by atoms with Gasteiger partial charge in [0.15, 0.2) is 5.78 Å². The summed E-state index contributed by atoms with van der Waals surface area (Å²) < 4.78 is 21.1. The van der Waals surface area contributed by atoms with Gasteiger partial charge in [-0.2, -0.15) is 0 Å². The third kappa shape index (κ3) is 9.18. The van der Waals surface area contributed by atoms with Crippen LogP contribution in [0.1, 0.15) is 90.0 Å². The van der Waals surface area contributed by atoms with Gasteiger partial charge in [0, 0.05) is 44.7 Å². The minimum Gasteiger partial charge on any atom is -0.453 e. The number of alkyl carbamates (subject to hydrolysis) is 2. The fourth-order valence-corrected chi connectivity index (χ4v) is 10.3. The maximum absolute atomic E-state index is 14.2. The first-order valence-corrected chi connectivity index (χ1v) is 22.6. The summed E-state index contributed by atoms with van der Waals surface area (Å²) in [6.45, 7) is 10.7. The smallest absolute Gasteiger partial charge is 0.407 e. The number of hydrogen-bond acceptors (Lipinski definition) is 11. The predicted octanol–water partition coefficient (Wildman–Crippen LogP) is 6.73. The molecule has 2 aromatic heterocycles. The Labute approximate surface area is 374 Å². The molecule has 16 heteroatoms. The normalized spacial score (nSPS) is 22.4. The molecule has 6 heterocycles. The fourth-order valence-electron chi connectivity index (χ4n) is 10.3. The Balaban J connectivity index is 0.951. The molecule has 0 bridgehead atoms. The Morgan fingerprint density at radius 2 is 1.31 bits per heavy atom. The Kier molecular flexibility index (Phi) is 13.3. The Morgan fingerprint density at radius 1 is 0.750 bits per heavy atom. The van der Waals surface area contributed by atoms with E-state index in [9.17, 15) is 19.2 Å². The third-order valence-corrected chi connectivity index (χ3v) is 14.1. The number of amides is 3. The third-order valence-electron chi connectivity index (χ3n) is 14.1. The van der Waals surface area contributed by atoms with Crippen LogP contribution in [0.15, 0.2) is 60.9 Å². The van der Waals surface area contributed by atoms with Crippen LogP contribution in [0.3, 0.4) is 0 Å². The number of imidazole rings is 2. The van der Waals surface area contributed by atoms with E-state index in [2.05, 4.69) is 74.4 Å². The van der Waals surface area contributed by atoms with E-state index in [0.29, 0.717) is 33.0 Å². The van der Waals surface area contributed by atoms with Crippen LogP contribution in [-0.2, 0) is 28.5 Å². The van der Waals surface area contributed by atoms with Gasteiger partial charge in [-0.25, -0.2) is 19.6 Å². The molecule has 5 N–H and O–H groups in total. The zero-order valence-corrected chi connectivity index (χ0v) is 37.7. The highest BCUT2D eigenvalue weighted by molar-refractivity contribution is 5.93. The van der Waals surface area contributed by atoms with Crippen molar-refractivity contribution in [1.82, 2.24) is 40.8 Å². The second-order valence-electron chi connectivity index (χ2n) is 18.8. The fraction of sp³-hybridized carbons (Fsp3) is 0.542. The zero-order valence-electron chi connectivity index (χ0n) is 37.7. The van der Waals surface area contributed by atoms with Gasteiger partial charge in [-0.05, 0) is 77.9 Å². The summed E-state index contributed by atoms with van der Waals surface area (Å²) in [7, 11) is 2.60. The van der Waals surface area contributed by atoms with Crippen LogP contribution in [0.4, 0.5) is 9.59 Å². The number of likely N-dealkylation sites (tertiary alicyclic amines) is 1. The van der Waals surface area contributed by atoms with Crippen LogP contribution >= 0.6 is 0 Å². The molecule has 4 aromatic rings. The van der Waals surface area contributed by atoms with Crippen molar-refractivity contribution in [3.05, 3.63) is 72.6 Å². The van der Waals surface area contributed by atoms with Gasteiger partial charge in [0.05, 0.1) is 56.0 Å². The van der Waals surface area contributed by atoms with Gasteiger partial charge < -0.3 is 44.4 Å². The molecule has 2 aromatic carbocycles. The zero-order chi connectivity index (χ0) is 45.2. The van der Waals surface area contributed by atoms with Gasteiger partial charge in [0.2, 0.25) is 5.91 Å². The van der Waals surface area contributed by atoms with E-state index in [0.717, 1.165) is 83.8 Å². The van der Waals surface area contributed by atoms with Crippen molar-refractivity contribution in [2.75, 3.05) is 47.2 Å². The van der Waals surface area contributed by atoms with Crippen molar-refractivity contribution >= 4 is 23.9 Å². The SMILES string of the molecule is COC(=O)N[C@H](C(=O)C1N[C@H](c2ncc(-c3ccc(-c4ccc(-c5c[nH]c(C6CC7(CCOCC7)CN6C(=O)[C@@H](NC(=O)OC)C(C)C)n5)cc4)cc3)[nH]2)CC12CCOCC2)C(C)C. The minimum absolute atomic E-state index is 0.0470. The summed E-state index contributed by atoms with van der Waals surface area (Å²) >= 11 is 0. The van der Waals surface area contributed by atoms with Crippen molar-refractivity contribution in [3.63, 3.8) is 0 Å². The summed E-state index contributed by atoms with van der Waals surface area (Å²) in [6, 6.07) is 14.3. The van der Waals surface area contributed by atoms with Crippen molar-refractivity contribution in [2.24, 2.45) is 22.7 Å². The lowest BCUT2D eigenvalue weighted by atomic mass is 9.70. The van der Waals surface area contributed by atoms with E-state index in [1.54, 1.807) is 0 Å². The number of methoxy groups -OCH3 is 2. The molecule has 0 radical (unpaired) electrons. The van der Waals surface area contributed by atoms with E-state index < -0.39 is 30.3 Å². The maximum atomic E-state index is 14.2. The number of nitrogens with one attached hydrogen (secondary N) is 5. The van der Waals surface area contributed by atoms with E-state index >= 15 is 0 Å². The molecule has 4 saturated heterocycles. The number of rotatable bonds is 12. The molecule has 2 unspecified atom stereocenters. The van der Waals surface area contributed by atoms with Gasteiger partial charge in [-0.3, -0.25) is 14.9 Å². The van der Waals surface area contributed by atoms with Crippen molar-refractivity contribution < 1.29 is 38.1 Å². The van der Waals surface area contributed by atoms with Gasteiger partial charge in [-0.15, -0.1) is 0 Å². The van der Waals surface area contributed by atoms with E-state index in [-0.39, 0.29) is 46.4 Å². The summed E-state index contributed by atoms with van der Waals surface area (Å²) in [5.41, 5.74) is 5.31. The van der Waals surface area contributed by atoms with Gasteiger partial charge in [0.1, 0.15) is 17.7 Å². The molecule has 4 fully saturated rings. The Bertz CT molecular complexity index is 2280. The van der Waals surface area contributed by atoms with Crippen LogP contribution in [0.2, 0.25) is 0 Å². The highest BCUT2D eigenvalue weighted by Gasteiger charge is 2.54. The largest absolute Gasteiger partial charge is 0.453 e. The Hall–Kier alpha value is -5.58. The molecular weight excluding hydrogens is 817 g/mol. The van der Waals surface area contributed by atoms with Crippen LogP contribution in [0, 0.1) is 22.7 Å². The molecule has 0 aliphatic carbocycles. The molecule has 5 atom stereocenters. The quantitative estimate of drug-likeness (QED) is 0.101.